The average molecular weight is 218 g/mol. The smallest absolute Gasteiger partial charge is 0.158 e. The van der Waals surface area contributed by atoms with Crippen molar-refractivity contribution in [3.05, 3.63) is 54.4 Å². The molecule has 0 bridgehead atoms. The lowest BCUT2D eigenvalue weighted by atomic mass is 9.82. The van der Waals surface area contributed by atoms with E-state index in [1.165, 1.54) is 6.08 Å². The molecule has 0 spiro atoms. The number of benzene rings is 1. The van der Waals surface area contributed by atoms with E-state index in [9.17, 15) is 4.39 Å². The van der Waals surface area contributed by atoms with Gasteiger partial charge in [0.2, 0.25) is 0 Å². The number of para-hydroxylation sites is 1. The maximum absolute atomic E-state index is 13.7. The number of halogens is 1. The van der Waals surface area contributed by atoms with Crippen molar-refractivity contribution in [2.75, 3.05) is 0 Å². The molecule has 2 rings (SSSR count). The van der Waals surface area contributed by atoms with Gasteiger partial charge in [0, 0.05) is 5.41 Å². The Labute approximate surface area is 95.2 Å². The van der Waals surface area contributed by atoms with Crippen LogP contribution < -0.4 is 4.74 Å². The van der Waals surface area contributed by atoms with Gasteiger partial charge < -0.3 is 4.74 Å². The van der Waals surface area contributed by atoms with Crippen molar-refractivity contribution in [2.24, 2.45) is 5.41 Å². The summed E-state index contributed by atoms with van der Waals surface area (Å²) >= 11 is 0. The van der Waals surface area contributed by atoms with Gasteiger partial charge in [0.05, 0.1) is 0 Å². The molecule has 0 fully saturated rings. The molecular formula is C14H15FO. The third-order valence-electron chi connectivity index (χ3n) is 2.70. The van der Waals surface area contributed by atoms with Gasteiger partial charge in [-0.05, 0) is 18.2 Å². The van der Waals surface area contributed by atoms with Crippen LogP contribution in [0.2, 0.25) is 0 Å². The highest BCUT2D eigenvalue weighted by Crippen LogP contribution is 2.34. The molecule has 0 radical (unpaired) electrons. The van der Waals surface area contributed by atoms with Crippen LogP contribution in [-0.4, -0.2) is 6.10 Å². The second kappa shape index (κ2) is 4.12. The van der Waals surface area contributed by atoms with Gasteiger partial charge in [0.25, 0.3) is 0 Å². The van der Waals surface area contributed by atoms with E-state index in [0.717, 1.165) is 0 Å². The first-order valence-electron chi connectivity index (χ1n) is 5.36. The third-order valence-corrected chi connectivity index (χ3v) is 2.70. The molecule has 0 saturated heterocycles. The molecule has 84 valence electrons. The van der Waals surface area contributed by atoms with E-state index in [1.54, 1.807) is 6.08 Å². The minimum Gasteiger partial charge on any atom is -0.482 e. The topological polar surface area (TPSA) is 9.23 Å². The number of allylic oxidation sites excluding steroid dienone is 2. The van der Waals surface area contributed by atoms with Gasteiger partial charge in [0.1, 0.15) is 11.6 Å². The van der Waals surface area contributed by atoms with Gasteiger partial charge in [-0.25, -0.2) is 4.39 Å². The van der Waals surface area contributed by atoms with Crippen LogP contribution in [0.4, 0.5) is 4.39 Å². The van der Waals surface area contributed by atoms with Gasteiger partial charge in [0.15, 0.2) is 6.10 Å². The Morgan fingerprint density at radius 2 is 1.88 bits per heavy atom. The van der Waals surface area contributed by atoms with E-state index < -0.39 is 6.10 Å². The SMILES string of the molecule is CC1(C)C=CC=C(F)C1Oc1ccccc1. The van der Waals surface area contributed by atoms with Crippen molar-refractivity contribution in [1.82, 2.24) is 0 Å². The van der Waals surface area contributed by atoms with E-state index in [4.69, 9.17) is 4.74 Å². The van der Waals surface area contributed by atoms with Crippen LogP contribution >= 0.6 is 0 Å². The van der Waals surface area contributed by atoms with E-state index >= 15 is 0 Å². The molecule has 1 aromatic carbocycles. The zero-order valence-electron chi connectivity index (χ0n) is 9.48. The minimum atomic E-state index is -0.542. The zero-order chi connectivity index (χ0) is 11.6. The second-order valence-corrected chi connectivity index (χ2v) is 4.54. The summed E-state index contributed by atoms with van der Waals surface area (Å²) in [6.45, 7) is 3.92. The molecule has 1 aromatic rings. The quantitative estimate of drug-likeness (QED) is 0.731. The highest BCUT2D eigenvalue weighted by molar-refractivity contribution is 5.28. The summed E-state index contributed by atoms with van der Waals surface area (Å²) in [7, 11) is 0. The molecule has 1 unspecified atom stereocenters. The standard InChI is InChI=1S/C14H15FO/c1-14(2)10-6-9-12(15)13(14)16-11-7-4-3-5-8-11/h3-10,13H,1-2H3. The van der Waals surface area contributed by atoms with Gasteiger partial charge >= 0.3 is 0 Å². The van der Waals surface area contributed by atoms with Crippen molar-refractivity contribution in [3.63, 3.8) is 0 Å². The normalized spacial score (nSPS) is 22.7. The minimum absolute atomic E-state index is 0.226. The molecule has 0 N–H and O–H groups in total. The number of rotatable bonds is 2. The molecule has 0 heterocycles. The van der Waals surface area contributed by atoms with E-state index in [-0.39, 0.29) is 11.2 Å². The number of hydrogen-bond acceptors (Lipinski definition) is 1. The Bertz CT molecular complexity index is 418. The van der Waals surface area contributed by atoms with Crippen molar-refractivity contribution in [3.8, 4) is 5.75 Å². The van der Waals surface area contributed by atoms with Crippen LogP contribution in [0.5, 0.6) is 5.75 Å². The van der Waals surface area contributed by atoms with Crippen molar-refractivity contribution in [1.29, 1.82) is 0 Å². The Morgan fingerprint density at radius 3 is 2.50 bits per heavy atom. The Hall–Kier alpha value is -1.57. The summed E-state index contributed by atoms with van der Waals surface area (Å²) in [4.78, 5) is 0. The summed E-state index contributed by atoms with van der Waals surface area (Å²) in [6.07, 6.45) is 4.61. The maximum atomic E-state index is 13.7. The lowest BCUT2D eigenvalue weighted by Crippen LogP contribution is -2.35. The predicted molar refractivity (Wildman–Crippen MR) is 63.0 cm³/mol. The first-order chi connectivity index (χ1) is 7.59. The average Bonchev–Trinajstić information content (AvgIpc) is 2.25. The van der Waals surface area contributed by atoms with Gasteiger partial charge in [-0.3, -0.25) is 0 Å². The molecule has 1 atom stereocenters. The van der Waals surface area contributed by atoms with Crippen LogP contribution in [0, 0.1) is 5.41 Å². The zero-order valence-corrected chi connectivity index (χ0v) is 9.48. The molecule has 0 aliphatic heterocycles. The highest BCUT2D eigenvalue weighted by Gasteiger charge is 2.34. The van der Waals surface area contributed by atoms with E-state index in [2.05, 4.69) is 0 Å². The summed E-state index contributed by atoms with van der Waals surface area (Å²) in [5.74, 6) is 0.468. The monoisotopic (exact) mass is 218 g/mol. The van der Waals surface area contributed by atoms with E-state index in [0.29, 0.717) is 5.75 Å². The maximum Gasteiger partial charge on any atom is 0.158 e. The lowest BCUT2D eigenvalue weighted by molar-refractivity contribution is 0.114. The van der Waals surface area contributed by atoms with Crippen LogP contribution in [0.15, 0.2) is 54.4 Å². The molecule has 1 aliphatic rings. The molecule has 1 aliphatic carbocycles. The summed E-state index contributed by atoms with van der Waals surface area (Å²) in [5, 5.41) is 0. The fourth-order valence-corrected chi connectivity index (χ4v) is 1.76. The highest BCUT2D eigenvalue weighted by atomic mass is 19.1. The predicted octanol–water partition coefficient (Wildman–Crippen LogP) is 3.88. The van der Waals surface area contributed by atoms with Gasteiger partial charge in [-0.1, -0.05) is 44.2 Å². The van der Waals surface area contributed by atoms with E-state index in [1.807, 2.05) is 50.3 Å². The number of hydrogen-bond donors (Lipinski definition) is 0. The van der Waals surface area contributed by atoms with Crippen LogP contribution in [0.1, 0.15) is 13.8 Å². The van der Waals surface area contributed by atoms with Crippen LogP contribution in [0.3, 0.4) is 0 Å². The summed E-state index contributed by atoms with van der Waals surface area (Å²) < 4.78 is 19.4. The molecule has 2 heteroatoms. The second-order valence-electron chi connectivity index (χ2n) is 4.54. The summed E-state index contributed by atoms with van der Waals surface area (Å²) in [6, 6.07) is 9.33. The number of ether oxygens (including phenoxy) is 1. The van der Waals surface area contributed by atoms with Gasteiger partial charge in [-0.15, -0.1) is 0 Å². The van der Waals surface area contributed by atoms with Crippen molar-refractivity contribution < 1.29 is 9.13 Å². The Kier molecular flexibility index (Phi) is 2.82. The molecule has 0 saturated carbocycles. The molecule has 0 amide bonds. The Morgan fingerprint density at radius 1 is 1.19 bits per heavy atom. The summed E-state index contributed by atoms with van der Waals surface area (Å²) in [5.41, 5.74) is -0.325. The van der Waals surface area contributed by atoms with Crippen LogP contribution in [-0.2, 0) is 0 Å². The molecule has 16 heavy (non-hydrogen) atoms. The first kappa shape index (κ1) is 10.9. The largest absolute Gasteiger partial charge is 0.482 e. The fraction of sp³-hybridized carbons (Fsp3) is 0.286. The van der Waals surface area contributed by atoms with Crippen molar-refractivity contribution >= 4 is 0 Å². The molecule has 1 nitrogen and oxygen atoms in total. The fourth-order valence-electron chi connectivity index (χ4n) is 1.76. The first-order valence-corrected chi connectivity index (χ1v) is 5.36. The van der Waals surface area contributed by atoms with Gasteiger partial charge in [-0.2, -0.15) is 0 Å². The van der Waals surface area contributed by atoms with Crippen molar-refractivity contribution in [2.45, 2.75) is 20.0 Å². The molecule has 0 aromatic heterocycles. The Balaban J connectivity index is 2.21. The lowest BCUT2D eigenvalue weighted by Gasteiger charge is -2.32. The third kappa shape index (κ3) is 2.16. The molecular weight excluding hydrogens is 203 g/mol. The van der Waals surface area contributed by atoms with Crippen LogP contribution in [0.25, 0.3) is 0 Å².